The van der Waals surface area contributed by atoms with Gasteiger partial charge in [-0.05, 0) is 49.2 Å². The van der Waals surface area contributed by atoms with Crippen LogP contribution in [0.3, 0.4) is 0 Å². The number of aromatic nitrogens is 1. The average molecular weight is 555 g/mol. The quantitative estimate of drug-likeness (QED) is 0.209. The van der Waals surface area contributed by atoms with Crippen LogP contribution in [0.4, 0.5) is 0 Å². The molecule has 40 heavy (non-hydrogen) atoms. The third kappa shape index (κ3) is 5.11. The zero-order valence-corrected chi connectivity index (χ0v) is 22.6. The molecule has 9 heteroatoms. The van der Waals surface area contributed by atoms with Gasteiger partial charge in [0.25, 0.3) is 5.91 Å². The van der Waals surface area contributed by atoms with Crippen LogP contribution in [0.25, 0.3) is 10.6 Å². The molecule has 0 saturated carbocycles. The number of ketones is 1. The smallest absolute Gasteiger partial charge is 0.338 e. The number of hydrogen-bond acceptors (Lipinski definition) is 8. The normalized spacial score (nSPS) is 15.0. The molecule has 0 bridgehead atoms. The van der Waals surface area contributed by atoms with Crippen LogP contribution in [0, 0.1) is 6.92 Å². The van der Waals surface area contributed by atoms with Crippen molar-refractivity contribution in [2.45, 2.75) is 26.4 Å². The minimum atomic E-state index is -0.910. The summed E-state index contributed by atoms with van der Waals surface area (Å²) < 4.78 is 5.03. The monoisotopic (exact) mass is 554 g/mol. The first-order valence-electron chi connectivity index (χ1n) is 12.6. The summed E-state index contributed by atoms with van der Waals surface area (Å²) in [5.74, 6) is -2.22. The molecule has 0 radical (unpaired) electrons. The summed E-state index contributed by atoms with van der Waals surface area (Å²) in [6, 6.07) is 21.3. The highest BCUT2D eigenvalue weighted by atomic mass is 32.1. The molecule has 0 aliphatic carbocycles. The van der Waals surface area contributed by atoms with Crippen molar-refractivity contribution in [3.05, 3.63) is 117 Å². The molecule has 0 saturated heterocycles. The van der Waals surface area contributed by atoms with E-state index in [0.717, 1.165) is 5.56 Å². The number of aromatic hydroxyl groups is 1. The van der Waals surface area contributed by atoms with Crippen LogP contribution in [-0.4, -0.2) is 44.4 Å². The van der Waals surface area contributed by atoms with Crippen LogP contribution < -0.4 is 0 Å². The number of nitrogens with zero attached hydrogens (tertiary/aromatic N) is 2. The maximum Gasteiger partial charge on any atom is 0.338 e. The van der Waals surface area contributed by atoms with Crippen molar-refractivity contribution in [1.82, 2.24) is 9.88 Å². The Bertz CT molecular complexity index is 1610. The van der Waals surface area contributed by atoms with Crippen molar-refractivity contribution in [3.8, 4) is 16.3 Å². The Morgan fingerprint density at radius 2 is 1.65 bits per heavy atom. The fourth-order valence-electron chi connectivity index (χ4n) is 4.64. The second kappa shape index (κ2) is 11.2. The third-order valence-electron chi connectivity index (χ3n) is 6.60. The SMILES string of the molecule is CCOC(=O)c1ccc(CN2C(=O)C(O)=C(C(=O)c3sc(-c4ccccc4)nc3C)C2c2ccc(O)cc2)cc1. The van der Waals surface area contributed by atoms with E-state index in [2.05, 4.69) is 4.98 Å². The first-order valence-corrected chi connectivity index (χ1v) is 13.5. The predicted molar refractivity (Wildman–Crippen MR) is 150 cm³/mol. The summed E-state index contributed by atoms with van der Waals surface area (Å²) in [4.78, 5) is 45.7. The molecule has 2 heterocycles. The first-order chi connectivity index (χ1) is 19.3. The van der Waals surface area contributed by atoms with Crippen molar-refractivity contribution >= 4 is 29.0 Å². The highest BCUT2D eigenvalue weighted by Gasteiger charge is 2.44. The number of phenolic OH excluding ortho intramolecular Hbond substituents is 1. The molecule has 5 rings (SSSR count). The maximum atomic E-state index is 14.0. The Kier molecular flexibility index (Phi) is 7.48. The van der Waals surface area contributed by atoms with E-state index >= 15 is 0 Å². The van der Waals surface area contributed by atoms with Gasteiger partial charge in [0.05, 0.1) is 34.4 Å². The van der Waals surface area contributed by atoms with Crippen LogP contribution in [0.5, 0.6) is 5.75 Å². The number of hydrogen-bond donors (Lipinski definition) is 2. The number of ether oxygens (including phenoxy) is 1. The largest absolute Gasteiger partial charge is 0.508 e. The highest BCUT2D eigenvalue weighted by Crippen LogP contribution is 2.42. The average Bonchev–Trinajstić information content (AvgIpc) is 3.47. The fraction of sp³-hybridized carbons (Fsp3) is 0.161. The molecule has 1 aliphatic rings. The number of phenols is 1. The van der Waals surface area contributed by atoms with Crippen LogP contribution in [0.1, 0.15) is 49.8 Å². The molecular formula is C31H26N2O6S. The molecular weight excluding hydrogens is 528 g/mol. The molecule has 1 unspecified atom stereocenters. The van der Waals surface area contributed by atoms with E-state index in [1.54, 1.807) is 50.2 Å². The van der Waals surface area contributed by atoms with E-state index in [-0.39, 0.29) is 24.5 Å². The minimum absolute atomic E-state index is 0.0288. The van der Waals surface area contributed by atoms with Gasteiger partial charge >= 0.3 is 5.97 Å². The van der Waals surface area contributed by atoms with Crippen molar-refractivity contribution in [2.75, 3.05) is 6.61 Å². The second-order valence-electron chi connectivity index (χ2n) is 9.24. The fourth-order valence-corrected chi connectivity index (χ4v) is 5.67. The van der Waals surface area contributed by atoms with Crippen LogP contribution in [-0.2, 0) is 16.1 Å². The van der Waals surface area contributed by atoms with Gasteiger partial charge in [-0.3, -0.25) is 9.59 Å². The topological polar surface area (TPSA) is 117 Å². The lowest BCUT2D eigenvalue weighted by atomic mass is 9.94. The lowest BCUT2D eigenvalue weighted by Gasteiger charge is -2.27. The van der Waals surface area contributed by atoms with Gasteiger partial charge in [0.15, 0.2) is 5.76 Å². The number of rotatable bonds is 8. The molecule has 1 amide bonds. The van der Waals surface area contributed by atoms with Gasteiger partial charge in [-0.15, -0.1) is 11.3 Å². The number of carbonyl (C=O) groups is 3. The Balaban J connectivity index is 1.51. The molecule has 1 aromatic heterocycles. The number of esters is 1. The Morgan fingerprint density at radius 1 is 0.975 bits per heavy atom. The molecule has 2 N–H and O–H groups in total. The molecule has 202 valence electrons. The van der Waals surface area contributed by atoms with E-state index in [1.165, 1.54) is 28.4 Å². The van der Waals surface area contributed by atoms with Gasteiger partial charge in [0.2, 0.25) is 5.78 Å². The number of carbonyl (C=O) groups excluding carboxylic acids is 3. The van der Waals surface area contributed by atoms with Crippen molar-refractivity contribution in [2.24, 2.45) is 0 Å². The van der Waals surface area contributed by atoms with Crippen molar-refractivity contribution in [3.63, 3.8) is 0 Å². The number of aliphatic hydroxyl groups is 1. The molecule has 0 spiro atoms. The first kappa shape index (κ1) is 26.8. The number of benzene rings is 3. The van der Waals surface area contributed by atoms with Crippen molar-refractivity contribution in [1.29, 1.82) is 0 Å². The maximum absolute atomic E-state index is 14.0. The van der Waals surface area contributed by atoms with Gasteiger partial charge in [-0.1, -0.05) is 54.6 Å². The number of aliphatic hydroxyl groups excluding tert-OH is 1. The third-order valence-corrected chi connectivity index (χ3v) is 7.80. The molecule has 3 aromatic carbocycles. The standard InChI is InChI=1S/C31H26N2O6S/c1-3-39-31(38)22-11-9-19(10-12-22)17-33-25(20-13-15-23(34)16-14-20)24(27(36)30(33)37)26(35)28-18(2)32-29(40-28)21-7-5-4-6-8-21/h4-16,25,34,36H,3,17H2,1-2H3. The Morgan fingerprint density at radius 3 is 2.30 bits per heavy atom. The second-order valence-corrected chi connectivity index (χ2v) is 10.2. The number of Topliss-reactive ketones (excluding diaryl/α,β-unsaturated/α-hetero) is 1. The number of amides is 1. The van der Waals surface area contributed by atoms with Gasteiger partial charge in [0.1, 0.15) is 10.8 Å². The zero-order chi connectivity index (χ0) is 28.4. The van der Waals surface area contributed by atoms with E-state index in [0.29, 0.717) is 32.3 Å². The summed E-state index contributed by atoms with van der Waals surface area (Å²) in [5.41, 5.74) is 2.92. The summed E-state index contributed by atoms with van der Waals surface area (Å²) in [6.45, 7) is 3.77. The summed E-state index contributed by atoms with van der Waals surface area (Å²) in [6.07, 6.45) is 0. The van der Waals surface area contributed by atoms with E-state index in [4.69, 9.17) is 4.74 Å². The van der Waals surface area contributed by atoms with Crippen molar-refractivity contribution < 1.29 is 29.3 Å². The molecule has 8 nitrogen and oxygen atoms in total. The van der Waals surface area contributed by atoms with E-state index in [1.807, 2.05) is 30.3 Å². The molecule has 4 aromatic rings. The van der Waals surface area contributed by atoms with E-state index in [9.17, 15) is 24.6 Å². The van der Waals surface area contributed by atoms with Crippen LogP contribution in [0.15, 0.2) is 90.2 Å². The van der Waals surface area contributed by atoms with Crippen LogP contribution >= 0.6 is 11.3 Å². The minimum Gasteiger partial charge on any atom is -0.508 e. The zero-order valence-electron chi connectivity index (χ0n) is 21.8. The molecule has 0 fully saturated rings. The number of thiazole rings is 1. The van der Waals surface area contributed by atoms with Gasteiger partial charge in [-0.2, -0.15) is 0 Å². The summed E-state index contributed by atoms with van der Waals surface area (Å²) in [7, 11) is 0. The van der Waals surface area contributed by atoms with Crippen LogP contribution in [0.2, 0.25) is 0 Å². The lowest BCUT2D eigenvalue weighted by molar-refractivity contribution is -0.130. The predicted octanol–water partition coefficient (Wildman–Crippen LogP) is 5.78. The van der Waals surface area contributed by atoms with Gasteiger partial charge in [0, 0.05) is 12.1 Å². The molecule has 1 atom stereocenters. The van der Waals surface area contributed by atoms with Gasteiger partial charge in [-0.25, -0.2) is 9.78 Å². The Labute approximate surface area is 234 Å². The lowest BCUT2D eigenvalue weighted by Crippen LogP contribution is -2.30. The molecule has 1 aliphatic heterocycles. The summed E-state index contributed by atoms with van der Waals surface area (Å²) in [5, 5.41) is 21.6. The Hall–Kier alpha value is -4.76. The van der Waals surface area contributed by atoms with Gasteiger partial charge < -0.3 is 19.8 Å². The van der Waals surface area contributed by atoms with E-state index < -0.39 is 29.5 Å². The highest BCUT2D eigenvalue weighted by molar-refractivity contribution is 7.17. The number of aryl methyl sites for hydroxylation is 1. The summed E-state index contributed by atoms with van der Waals surface area (Å²) >= 11 is 1.20.